The van der Waals surface area contributed by atoms with Crippen molar-refractivity contribution in [3.8, 4) is 0 Å². The lowest BCUT2D eigenvalue weighted by molar-refractivity contribution is 0.0395. The van der Waals surface area contributed by atoms with Crippen LogP contribution >= 0.6 is 0 Å². The van der Waals surface area contributed by atoms with Crippen LogP contribution in [0.5, 0.6) is 0 Å². The standard InChI is InChI=1S/C21H22N2O/c1-2-5-18-15-21-19(14-17(18)4-1)6-3-7-20(21)16-22-8-9-23-10-12-24-13-11-23/h1-7,14-16H,8-13H2. The zero-order chi connectivity index (χ0) is 16.2. The average molecular weight is 318 g/mol. The van der Waals surface area contributed by atoms with E-state index in [1.54, 1.807) is 0 Å². The summed E-state index contributed by atoms with van der Waals surface area (Å²) in [5.41, 5.74) is 1.19. The number of nitrogens with zero attached hydrogens (tertiary/aromatic N) is 2. The summed E-state index contributed by atoms with van der Waals surface area (Å²) >= 11 is 0. The molecule has 3 heteroatoms. The average Bonchev–Trinajstić information content (AvgIpc) is 2.64. The predicted molar refractivity (Wildman–Crippen MR) is 101 cm³/mol. The predicted octanol–water partition coefficient (Wildman–Crippen LogP) is 3.74. The highest BCUT2D eigenvalue weighted by atomic mass is 16.5. The van der Waals surface area contributed by atoms with Crippen molar-refractivity contribution in [1.29, 1.82) is 0 Å². The van der Waals surface area contributed by atoms with Gasteiger partial charge < -0.3 is 4.74 Å². The molecule has 4 rings (SSSR count). The van der Waals surface area contributed by atoms with E-state index in [9.17, 15) is 0 Å². The zero-order valence-electron chi connectivity index (χ0n) is 13.8. The number of hydrogen-bond acceptors (Lipinski definition) is 3. The number of hydrogen-bond donors (Lipinski definition) is 0. The van der Waals surface area contributed by atoms with Crippen molar-refractivity contribution in [3.63, 3.8) is 0 Å². The van der Waals surface area contributed by atoms with E-state index < -0.39 is 0 Å². The molecule has 1 saturated heterocycles. The van der Waals surface area contributed by atoms with Crippen LogP contribution in [-0.2, 0) is 4.74 Å². The van der Waals surface area contributed by atoms with Gasteiger partial charge in [-0.25, -0.2) is 0 Å². The van der Waals surface area contributed by atoms with E-state index in [2.05, 4.69) is 64.5 Å². The second kappa shape index (κ2) is 7.12. The van der Waals surface area contributed by atoms with Gasteiger partial charge in [-0.1, -0.05) is 42.5 Å². The van der Waals surface area contributed by atoms with E-state index >= 15 is 0 Å². The van der Waals surface area contributed by atoms with Crippen LogP contribution in [-0.4, -0.2) is 50.5 Å². The number of ether oxygens (including phenoxy) is 1. The molecule has 0 unspecified atom stereocenters. The Hall–Kier alpha value is -2.23. The Bertz CT molecular complexity index is 866. The van der Waals surface area contributed by atoms with Crippen LogP contribution in [0.3, 0.4) is 0 Å². The summed E-state index contributed by atoms with van der Waals surface area (Å²) < 4.78 is 5.38. The molecule has 0 atom stereocenters. The lowest BCUT2D eigenvalue weighted by atomic mass is 10.0. The summed E-state index contributed by atoms with van der Waals surface area (Å²) in [6, 6.07) is 19.5. The van der Waals surface area contributed by atoms with Gasteiger partial charge in [0.1, 0.15) is 0 Å². The maximum Gasteiger partial charge on any atom is 0.0594 e. The maximum atomic E-state index is 5.38. The molecule has 0 radical (unpaired) electrons. The largest absolute Gasteiger partial charge is 0.379 e. The monoisotopic (exact) mass is 318 g/mol. The van der Waals surface area contributed by atoms with Crippen LogP contribution in [0.15, 0.2) is 59.6 Å². The summed E-state index contributed by atoms with van der Waals surface area (Å²) in [7, 11) is 0. The Labute approximate surface area is 142 Å². The van der Waals surface area contributed by atoms with Gasteiger partial charge in [0.25, 0.3) is 0 Å². The van der Waals surface area contributed by atoms with Gasteiger partial charge in [0, 0.05) is 31.4 Å². The molecule has 1 aliphatic rings. The van der Waals surface area contributed by atoms with Crippen molar-refractivity contribution in [3.05, 3.63) is 60.2 Å². The molecular weight excluding hydrogens is 296 g/mol. The molecule has 1 heterocycles. The first-order chi connectivity index (χ1) is 11.9. The van der Waals surface area contributed by atoms with Gasteiger partial charge in [-0.3, -0.25) is 9.89 Å². The fourth-order valence-corrected chi connectivity index (χ4v) is 3.29. The Morgan fingerprint density at radius 2 is 1.67 bits per heavy atom. The number of fused-ring (bicyclic) bond motifs is 2. The first-order valence-corrected chi connectivity index (χ1v) is 8.62. The molecule has 1 fully saturated rings. The second-order valence-electron chi connectivity index (χ2n) is 6.26. The van der Waals surface area contributed by atoms with Gasteiger partial charge in [0.05, 0.1) is 19.8 Å². The molecule has 0 spiro atoms. The summed E-state index contributed by atoms with van der Waals surface area (Å²) in [4.78, 5) is 7.07. The molecule has 0 aliphatic carbocycles. The van der Waals surface area contributed by atoms with Gasteiger partial charge in [-0.05, 0) is 33.7 Å². The van der Waals surface area contributed by atoms with Crippen molar-refractivity contribution in [2.24, 2.45) is 4.99 Å². The Kier molecular flexibility index (Phi) is 4.54. The zero-order valence-corrected chi connectivity index (χ0v) is 13.8. The van der Waals surface area contributed by atoms with Gasteiger partial charge in [0.15, 0.2) is 0 Å². The minimum Gasteiger partial charge on any atom is -0.379 e. The molecule has 1 aliphatic heterocycles. The summed E-state index contributed by atoms with van der Waals surface area (Å²) in [5, 5.41) is 5.10. The van der Waals surface area contributed by atoms with E-state index in [-0.39, 0.29) is 0 Å². The van der Waals surface area contributed by atoms with Crippen molar-refractivity contribution < 1.29 is 4.74 Å². The Morgan fingerprint density at radius 3 is 2.50 bits per heavy atom. The second-order valence-corrected chi connectivity index (χ2v) is 6.26. The third-order valence-electron chi connectivity index (χ3n) is 4.66. The van der Waals surface area contributed by atoms with Crippen molar-refractivity contribution in [2.75, 3.05) is 39.4 Å². The first kappa shape index (κ1) is 15.3. The maximum absolute atomic E-state index is 5.38. The highest BCUT2D eigenvalue weighted by Gasteiger charge is 2.08. The van der Waals surface area contributed by atoms with E-state index in [0.29, 0.717) is 0 Å². The Balaban J connectivity index is 1.54. The van der Waals surface area contributed by atoms with E-state index in [1.807, 2.05) is 6.21 Å². The fraction of sp³-hybridized carbons (Fsp3) is 0.286. The van der Waals surface area contributed by atoms with Crippen molar-refractivity contribution in [2.45, 2.75) is 0 Å². The van der Waals surface area contributed by atoms with Gasteiger partial charge in [-0.15, -0.1) is 0 Å². The molecule has 0 N–H and O–H groups in total. The van der Waals surface area contributed by atoms with Crippen LogP contribution < -0.4 is 0 Å². The highest BCUT2D eigenvalue weighted by molar-refractivity contribution is 6.06. The molecule has 0 saturated carbocycles. The van der Waals surface area contributed by atoms with Crippen molar-refractivity contribution in [1.82, 2.24) is 4.90 Å². The molecule has 0 bridgehead atoms. The first-order valence-electron chi connectivity index (χ1n) is 8.62. The minimum atomic E-state index is 0.837. The van der Waals surface area contributed by atoms with Gasteiger partial charge >= 0.3 is 0 Å². The van der Waals surface area contributed by atoms with Crippen LogP contribution in [0.2, 0.25) is 0 Å². The van der Waals surface area contributed by atoms with E-state index in [4.69, 9.17) is 4.74 Å². The number of aliphatic imine (C=N–C) groups is 1. The molecule has 3 aromatic carbocycles. The fourth-order valence-electron chi connectivity index (χ4n) is 3.29. The summed E-state index contributed by atoms with van der Waals surface area (Å²) in [6.45, 7) is 5.59. The van der Waals surface area contributed by atoms with Gasteiger partial charge in [-0.2, -0.15) is 0 Å². The molecule has 0 aromatic heterocycles. The minimum absolute atomic E-state index is 0.837. The van der Waals surface area contributed by atoms with E-state index in [0.717, 1.165) is 39.4 Å². The van der Waals surface area contributed by atoms with Gasteiger partial charge in [0.2, 0.25) is 0 Å². The van der Waals surface area contributed by atoms with Crippen LogP contribution in [0, 0.1) is 0 Å². The smallest absolute Gasteiger partial charge is 0.0594 e. The number of morpholine rings is 1. The molecule has 3 nitrogen and oxygen atoms in total. The molecular formula is C21H22N2O. The third kappa shape index (κ3) is 3.32. The molecule has 0 amide bonds. The van der Waals surface area contributed by atoms with E-state index in [1.165, 1.54) is 27.1 Å². The lowest BCUT2D eigenvalue weighted by Gasteiger charge is -2.25. The quantitative estimate of drug-likeness (QED) is 0.541. The summed E-state index contributed by atoms with van der Waals surface area (Å²) in [5.74, 6) is 0. The third-order valence-corrected chi connectivity index (χ3v) is 4.66. The SMILES string of the molecule is C(=NCCN1CCOCC1)c1cccc2cc3ccccc3cc12. The van der Waals surface area contributed by atoms with Crippen LogP contribution in [0.4, 0.5) is 0 Å². The number of rotatable bonds is 4. The van der Waals surface area contributed by atoms with Crippen LogP contribution in [0.25, 0.3) is 21.5 Å². The summed E-state index contributed by atoms with van der Waals surface area (Å²) in [6.07, 6.45) is 2.03. The molecule has 24 heavy (non-hydrogen) atoms. The normalized spacial score (nSPS) is 16.3. The van der Waals surface area contributed by atoms with Crippen LogP contribution in [0.1, 0.15) is 5.56 Å². The highest BCUT2D eigenvalue weighted by Crippen LogP contribution is 2.24. The topological polar surface area (TPSA) is 24.8 Å². The molecule has 3 aromatic rings. The lowest BCUT2D eigenvalue weighted by Crippen LogP contribution is -2.37. The Morgan fingerprint density at radius 1 is 0.917 bits per heavy atom. The molecule has 122 valence electrons. The van der Waals surface area contributed by atoms with Crippen molar-refractivity contribution >= 4 is 27.8 Å². The number of benzene rings is 3.